The molecule has 1 heterocycles. The van der Waals surface area contributed by atoms with Crippen LogP contribution in [0, 0.1) is 5.92 Å². The molecule has 1 atom stereocenters. The highest BCUT2D eigenvalue weighted by Gasteiger charge is 2.26. The maximum absolute atomic E-state index is 13.9. The molecule has 6 nitrogen and oxygen atoms in total. The lowest BCUT2D eigenvalue weighted by Crippen LogP contribution is -2.24. The predicted octanol–water partition coefficient (Wildman–Crippen LogP) is 4.73. The number of rotatable bonds is 9. The zero-order valence-corrected chi connectivity index (χ0v) is 17.9. The van der Waals surface area contributed by atoms with Crippen LogP contribution >= 0.6 is 0 Å². The van der Waals surface area contributed by atoms with Crippen molar-refractivity contribution in [3.63, 3.8) is 0 Å². The number of hydrogen-bond acceptors (Lipinski definition) is 5. The number of carbonyl (C=O) groups excluding carboxylic acids is 1. The molecule has 0 spiro atoms. The number of oxime groups is 1. The summed E-state index contributed by atoms with van der Waals surface area (Å²) in [6, 6.07) is 3.24. The van der Waals surface area contributed by atoms with E-state index in [0.29, 0.717) is 17.0 Å². The quantitative estimate of drug-likeness (QED) is 0.337. The molecular formula is C23H28F2N4O2. The molecule has 166 valence electrons. The first-order valence-corrected chi connectivity index (χ1v) is 10.1. The molecule has 0 aliphatic heterocycles. The molecule has 0 radical (unpaired) electrons. The summed E-state index contributed by atoms with van der Waals surface area (Å²) in [4.78, 5) is 21.8. The van der Waals surface area contributed by atoms with Gasteiger partial charge in [0.15, 0.2) is 6.61 Å². The Morgan fingerprint density at radius 1 is 1.45 bits per heavy atom. The Kier molecular flexibility index (Phi) is 9.12. The third-order valence-corrected chi connectivity index (χ3v) is 4.35. The number of alkyl halides is 1. The Labute approximate surface area is 181 Å². The first-order chi connectivity index (χ1) is 14.8. The second kappa shape index (κ2) is 11.8. The largest absolute Gasteiger partial charge is 0.399 e. The number of halogens is 2. The highest BCUT2D eigenvalue weighted by Crippen LogP contribution is 2.24. The number of pyridine rings is 1. The van der Waals surface area contributed by atoms with E-state index in [1.54, 1.807) is 18.2 Å². The molecule has 0 bridgehead atoms. The minimum Gasteiger partial charge on any atom is -0.399 e. The van der Waals surface area contributed by atoms with Crippen LogP contribution in [0.15, 0.2) is 71.0 Å². The van der Waals surface area contributed by atoms with Crippen LogP contribution in [0.5, 0.6) is 0 Å². The maximum atomic E-state index is 13.9. The van der Waals surface area contributed by atoms with Gasteiger partial charge in [-0.25, -0.2) is 13.8 Å². The van der Waals surface area contributed by atoms with Crippen LogP contribution in [-0.4, -0.2) is 29.4 Å². The van der Waals surface area contributed by atoms with Crippen molar-refractivity contribution in [2.24, 2.45) is 16.8 Å². The van der Waals surface area contributed by atoms with E-state index in [0.717, 1.165) is 12.5 Å². The molecule has 0 saturated heterocycles. The SMILES string of the molecule is CC/C=C\C=C(/N)CO/N=C(/c1ccc(NC(=O)C2=C(F)C=CCC2F)nc1)C(C)C. The summed E-state index contributed by atoms with van der Waals surface area (Å²) in [5.41, 5.74) is 7.22. The van der Waals surface area contributed by atoms with E-state index in [-0.39, 0.29) is 24.8 Å². The zero-order chi connectivity index (χ0) is 22.8. The van der Waals surface area contributed by atoms with Gasteiger partial charge in [0, 0.05) is 23.9 Å². The lowest BCUT2D eigenvalue weighted by atomic mass is 10.0. The van der Waals surface area contributed by atoms with Gasteiger partial charge < -0.3 is 15.9 Å². The molecule has 1 aliphatic carbocycles. The maximum Gasteiger partial charge on any atom is 0.258 e. The normalized spacial score (nSPS) is 17.5. The van der Waals surface area contributed by atoms with Gasteiger partial charge in [0.05, 0.1) is 11.3 Å². The summed E-state index contributed by atoms with van der Waals surface area (Å²) in [6.07, 6.45) is 8.76. The fourth-order valence-electron chi connectivity index (χ4n) is 2.75. The first kappa shape index (κ1) is 24.0. The molecule has 2 rings (SSSR count). The molecule has 0 fully saturated rings. The number of nitrogens with one attached hydrogen (secondary N) is 1. The summed E-state index contributed by atoms with van der Waals surface area (Å²) >= 11 is 0. The lowest BCUT2D eigenvalue weighted by molar-refractivity contribution is -0.113. The van der Waals surface area contributed by atoms with E-state index in [2.05, 4.69) is 15.5 Å². The summed E-state index contributed by atoms with van der Waals surface area (Å²) in [5, 5.41) is 6.60. The standard InChI is InChI=1S/C23H28F2N4O2/c1-4-5-6-8-17(26)14-31-29-22(15(2)3)16-11-12-20(27-13-16)28-23(30)21-18(24)9-7-10-19(21)25/h5-9,11-13,15,19H,4,10,14,26H2,1-3H3,(H,27,28,30)/b6-5-,17-8-,29-22+. The number of hydrogen-bond donors (Lipinski definition) is 2. The fourth-order valence-corrected chi connectivity index (χ4v) is 2.75. The van der Waals surface area contributed by atoms with Crippen molar-refractivity contribution in [1.29, 1.82) is 0 Å². The third-order valence-electron chi connectivity index (χ3n) is 4.35. The van der Waals surface area contributed by atoms with Crippen LogP contribution in [0.3, 0.4) is 0 Å². The average molecular weight is 430 g/mol. The molecule has 31 heavy (non-hydrogen) atoms. The third kappa shape index (κ3) is 7.16. The number of anilines is 1. The van der Waals surface area contributed by atoms with Gasteiger partial charge in [0.2, 0.25) is 0 Å². The second-order valence-corrected chi connectivity index (χ2v) is 7.24. The smallest absolute Gasteiger partial charge is 0.258 e. The van der Waals surface area contributed by atoms with Gasteiger partial charge in [-0.05, 0) is 36.6 Å². The van der Waals surface area contributed by atoms with E-state index in [4.69, 9.17) is 10.6 Å². The van der Waals surface area contributed by atoms with Gasteiger partial charge in [-0.3, -0.25) is 4.79 Å². The summed E-state index contributed by atoms with van der Waals surface area (Å²) < 4.78 is 27.7. The van der Waals surface area contributed by atoms with Gasteiger partial charge in [0.25, 0.3) is 5.91 Å². The van der Waals surface area contributed by atoms with E-state index in [1.165, 1.54) is 12.3 Å². The van der Waals surface area contributed by atoms with Crippen molar-refractivity contribution in [1.82, 2.24) is 4.98 Å². The minimum atomic E-state index is -1.68. The molecule has 1 aromatic heterocycles. The molecular weight excluding hydrogens is 402 g/mol. The number of allylic oxidation sites excluding steroid dienone is 6. The Balaban J connectivity index is 2.07. The Bertz CT molecular complexity index is 916. The van der Waals surface area contributed by atoms with Crippen LogP contribution in [0.4, 0.5) is 14.6 Å². The summed E-state index contributed by atoms with van der Waals surface area (Å²) in [6.45, 7) is 6.08. The molecule has 0 aromatic carbocycles. The van der Waals surface area contributed by atoms with Gasteiger partial charge in [0.1, 0.15) is 17.8 Å². The van der Waals surface area contributed by atoms with Crippen LogP contribution in [0.1, 0.15) is 39.2 Å². The fraction of sp³-hybridized carbons (Fsp3) is 0.348. The van der Waals surface area contributed by atoms with Crippen molar-refractivity contribution in [2.45, 2.75) is 39.8 Å². The van der Waals surface area contributed by atoms with Crippen molar-refractivity contribution in [3.8, 4) is 0 Å². The number of nitrogens with two attached hydrogens (primary N) is 1. The van der Waals surface area contributed by atoms with Crippen LogP contribution in [-0.2, 0) is 9.63 Å². The zero-order valence-electron chi connectivity index (χ0n) is 17.9. The van der Waals surface area contributed by atoms with E-state index in [9.17, 15) is 13.6 Å². The van der Waals surface area contributed by atoms with E-state index >= 15 is 0 Å². The van der Waals surface area contributed by atoms with Crippen LogP contribution in [0.25, 0.3) is 0 Å². The Morgan fingerprint density at radius 3 is 2.84 bits per heavy atom. The average Bonchev–Trinajstić information content (AvgIpc) is 2.72. The van der Waals surface area contributed by atoms with Crippen molar-refractivity contribution < 1.29 is 18.4 Å². The predicted molar refractivity (Wildman–Crippen MR) is 119 cm³/mol. The summed E-state index contributed by atoms with van der Waals surface area (Å²) in [7, 11) is 0. The molecule has 8 heteroatoms. The molecule has 1 amide bonds. The van der Waals surface area contributed by atoms with Gasteiger partial charge in [-0.1, -0.05) is 44.2 Å². The topological polar surface area (TPSA) is 89.6 Å². The molecule has 1 unspecified atom stereocenters. The highest BCUT2D eigenvalue weighted by atomic mass is 19.1. The number of carbonyl (C=O) groups is 1. The molecule has 1 aromatic rings. The minimum absolute atomic E-state index is 0.0352. The van der Waals surface area contributed by atoms with Gasteiger partial charge in [-0.2, -0.15) is 0 Å². The number of nitrogens with zero attached hydrogens (tertiary/aromatic N) is 2. The molecule has 1 aliphatic rings. The van der Waals surface area contributed by atoms with Crippen LogP contribution in [0.2, 0.25) is 0 Å². The molecule has 0 saturated carbocycles. The summed E-state index contributed by atoms with van der Waals surface area (Å²) in [5.74, 6) is -1.52. The highest BCUT2D eigenvalue weighted by molar-refractivity contribution is 6.05. The van der Waals surface area contributed by atoms with E-state index < -0.39 is 23.5 Å². The molecule has 3 N–H and O–H groups in total. The van der Waals surface area contributed by atoms with Crippen molar-refractivity contribution in [2.75, 3.05) is 11.9 Å². The second-order valence-electron chi connectivity index (χ2n) is 7.24. The van der Waals surface area contributed by atoms with Gasteiger partial charge >= 0.3 is 0 Å². The lowest BCUT2D eigenvalue weighted by Gasteiger charge is -2.15. The number of aromatic nitrogens is 1. The van der Waals surface area contributed by atoms with Crippen molar-refractivity contribution in [3.05, 3.63) is 71.4 Å². The van der Waals surface area contributed by atoms with E-state index in [1.807, 2.05) is 32.9 Å². The first-order valence-electron chi connectivity index (χ1n) is 10.1. The Hall–Kier alpha value is -3.29. The Morgan fingerprint density at radius 2 is 2.23 bits per heavy atom. The van der Waals surface area contributed by atoms with Crippen molar-refractivity contribution >= 4 is 17.4 Å². The van der Waals surface area contributed by atoms with Gasteiger partial charge in [-0.15, -0.1) is 0 Å². The van der Waals surface area contributed by atoms with Crippen LogP contribution < -0.4 is 11.1 Å². The monoisotopic (exact) mass is 430 g/mol. The number of amides is 1.